The highest BCUT2D eigenvalue weighted by Gasteiger charge is 2.13. The summed E-state index contributed by atoms with van der Waals surface area (Å²) in [4.78, 5) is 0. The molecule has 0 spiro atoms. The second-order valence-electron chi connectivity index (χ2n) is 5.75. The molecule has 0 saturated heterocycles. The molecule has 0 heterocycles. The highest BCUT2D eigenvalue weighted by atomic mass is 16.5. The van der Waals surface area contributed by atoms with Gasteiger partial charge in [0, 0.05) is 19.8 Å². The summed E-state index contributed by atoms with van der Waals surface area (Å²) in [6.07, 6.45) is 2.26. The lowest BCUT2D eigenvalue weighted by Crippen LogP contribution is -2.33. The van der Waals surface area contributed by atoms with Crippen molar-refractivity contribution in [3.63, 3.8) is 0 Å². The first-order valence-corrected chi connectivity index (χ1v) is 7.34. The smallest absolute Gasteiger partial charge is 0.0488 e. The largest absolute Gasteiger partial charge is 0.384 e. The molecule has 0 aliphatic carbocycles. The van der Waals surface area contributed by atoms with Crippen LogP contribution in [0.25, 0.3) is 0 Å². The number of methoxy groups -OCH3 is 1. The van der Waals surface area contributed by atoms with Gasteiger partial charge in [0.1, 0.15) is 0 Å². The molecule has 2 heteroatoms. The van der Waals surface area contributed by atoms with E-state index in [0.29, 0.717) is 12.0 Å². The van der Waals surface area contributed by atoms with Gasteiger partial charge in [0.05, 0.1) is 0 Å². The van der Waals surface area contributed by atoms with E-state index in [1.807, 2.05) is 0 Å². The number of hydrogen-bond acceptors (Lipinski definition) is 2. The van der Waals surface area contributed by atoms with Crippen molar-refractivity contribution in [1.29, 1.82) is 0 Å². The van der Waals surface area contributed by atoms with Crippen LogP contribution < -0.4 is 5.32 Å². The van der Waals surface area contributed by atoms with Gasteiger partial charge in [-0.1, -0.05) is 43.2 Å². The molecule has 19 heavy (non-hydrogen) atoms. The Morgan fingerprint density at radius 3 is 2.32 bits per heavy atom. The van der Waals surface area contributed by atoms with Crippen molar-refractivity contribution in [3.05, 3.63) is 34.9 Å². The molecular formula is C17H29NO. The summed E-state index contributed by atoms with van der Waals surface area (Å²) in [6, 6.07) is 7.38. The summed E-state index contributed by atoms with van der Waals surface area (Å²) < 4.78 is 5.24. The topological polar surface area (TPSA) is 21.3 Å². The molecule has 1 rings (SSSR count). The Morgan fingerprint density at radius 1 is 1.16 bits per heavy atom. The number of aryl methyl sites for hydroxylation is 2. The van der Waals surface area contributed by atoms with Crippen LogP contribution in [-0.2, 0) is 11.2 Å². The van der Waals surface area contributed by atoms with Crippen molar-refractivity contribution >= 4 is 0 Å². The van der Waals surface area contributed by atoms with Crippen LogP contribution in [0, 0.1) is 19.8 Å². The maximum absolute atomic E-state index is 5.24. The molecule has 108 valence electrons. The minimum absolute atomic E-state index is 0.538. The predicted molar refractivity (Wildman–Crippen MR) is 82.7 cm³/mol. The molecular weight excluding hydrogens is 234 g/mol. The van der Waals surface area contributed by atoms with Crippen LogP contribution in [0.15, 0.2) is 18.2 Å². The standard InChI is InChI=1S/C17H29NO/c1-6-18-17(10-15(4)12-19-5)11-16-8-13(2)7-14(3)9-16/h7-9,15,17-18H,6,10-12H2,1-5H3. The first-order valence-electron chi connectivity index (χ1n) is 7.34. The number of rotatable bonds is 8. The maximum atomic E-state index is 5.24. The molecule has 1 aromatic carbocycles. The van der Waals surface area contributed by atoms with Gasteiger partial charge in [-0.3, -0.25) is 0 Å². The Morgan fingerprint density at radius 2 is 1.79 bits per heavy atom. The lowest BCUT2D eigenvalue weighted by Gasteiger charge is -2.22. The molecule has 2 nitrogen and oxygen atoms in total. The molecule has 1 aromatic rings. The zero-order chi connectivity index (χ0) is 14.3. The Labute approximate surface area is 118 Å². The Kier molecular flexibility index (Phi) is 7.11. The molecule has 0 saturated carbocycles. The third-order valence-corrected chi connectivity index (χ3v) is 3.39. The lowest BCUT2D eigenvalue weighted by atomic mass is 9.95. The third kappa shape index (κ3) is 6.22. The van der Waals surface area contributed by atoms with Gasteiger partial charge in [0.2, 0.25) is 0 Å². The zero-order valence-corrected chi connectivity index (χ0v) is 13.1. The van der Waals surface area contributed by atoms with Crippen LogP contribution in [-0.4, -0.2) is 26.3 Å². The first kappa shape index (κ1) is 16.2. The van der Waals surface area contributed by atoms with E-state index in [-0.39, 0.29) is 0 Å². The van der Waals surface area contributed by atoms with E-state index in [2.05, 4.69) is 51.2 Å². The minimum Gasteiger partial charge on any atom is -0.384 e. The second kappa shape index (κ2) is 8.34. The van der Waals surface area contributed by atoms with Gasteiger partial charge in [-0.2, -0.15) is 0 Å². The number of ether oxygens (including phenoxy) is 1. The van der Waals surface area contributed by atoms with E-state index in [4.69, 9.17) is 4.74 Å². The SMILES string of the molecule is CCNC(Cc1cc(C)cc(C)c1)CC(C)COC. The first-order chi connectivity index (χ1) is 9.05. The van der Waals surface area contributed by atoms with Crippen molar-refractivity contribution in [2.45, 2.75) is 46.6 Å². The summed E-state index contributed by atoms with van der Waals surface area (Å²) in [5.41, 5.74) is 4.15. The van der Waals surface area contributed by atoms with E-state index in [9.17, 15) is 0 Å². The van der Waals surface area contributed by atoms with Crippen LogP contribution in [0.2, 0.25) is 0 Å². The van der Waals surface area contributed by atoms with Crippen LogP contribution in [0.3, 0.4) is 0 Å². The summed E-state index contributed by atoms with van der Waals surface area (Å²) >= 11 is 0. The minimum atomic E-state index is 0.538. The molecule has 0 aromatic heterocycles. The average Bonchev–Trinajstić information content (AvgIpc) is 2.27. The molecule has 2 atom stereocenters. The van der Waals surface area contributed by atoms with Crippen LogP contribution in [0.1, 0.15) is 37.0 Å². The average molecular weight is 263 g/mol. The number of nitrogens with one attached hydrogen (secondary N) is 1. The quantitative estimate of drug-likeness (QED) is 0.775. The van der Waals surface area contributed by atoms with Crippen LogP contribution in [0.5, 0.6) is 0 Å². The summed E-state index contributed by atoms with van der Waals surface area (Å²) in [5.74, 6) is 0.597. The highest BCUT2D eigenvalue weighted by molar-refractivity contribution is 5.29. The molecule has 0 fully saturated rings. The van der Waals surface area contributed by atoms with E-state index in [0.717, 1.165) is 26.0 Å². The Balaban J connectivity index is 2.66. The molecule has 1 N–H and O–H groups in total. The van der Waals surface area contributed by atoms with E-state index in [1.165, 1.54) is 16.7 Å². The van der Waals surface area contributed by atoms with E-state index < -0.39 is 0 Å². The third-order valence-electron chi connectivity index (χ3n) is 3.39. The van der Waals surface area contributed by atoms with E-state index >= 15 is 0 Å². The van der Waals surface area contributed by atoms with E-state index in [1.54, 1.807) is 7.11 Å². The molecule has 0 aliphatic rings. The zero-order valence-electron chi connectivity index (χ0n) is 13.1. The monoisotopic (exact) mass is 263 g/mol. The molecule has 0 radical (unpaired) electrons. The summed E-state index contributed by atoms with van der Waals surface area (Å²) in [6.45, 7) is 10.6. The highest BCUT2D eigenvalue weighted by Crippen LogP contribution is 2.15. The summed E-state index contributed by atoms with van der Waals surface area (Å²) in [7, 11) is 1.78. The normalized spacial score (nSPS) is 14.4. The van der Waals surface area contributed by atoms with Gasteiger partial charge in [0.25, 0.3) is 0 Å². The van der Waals surface area contributed by atoms with Gasteiger partial charge in [-0.15, -0.1) is 0 Å². The van der Waals surface area contributed by atoms with Crippen molar-refractivity contribution in [2.24, 2.45) is 5.92 Å². The van der Waals surface area contributed by atoms with Crippen molar-refractivity contribution < 1.29 is 4.74 Å². The molecule has 0 amide bonds. The Bertz CT molecular complexity index is 355. The van der Waals surface area contributed by atoms with Crippen molar-refractivity contribution in [3.8, 4) is 0 Å². The fourth-order valence-electron chi connectivity index (χ4n) is 2.84. The number of benzene rings is 1. The maximum Gasteiger partial charge on any atom is 0.0488 e. The van der Waals surface area contributed by atoms with Gasteiger partial charge in [0.15, 0.2) is 0 Å². The van der Waals surface area contributed by atoms with Gasteiger partial charge in [-0.25, -0.2) is 0 Å². The number of hydrogen-bond donors (Lipinski definition) is 1. The molecule has 2 unspecified atom stereocenters. The summed E-state index contributed by atoms with van der Waals surface area (Å²) in [5, 5.41) is 3.60. The van der Waals surface area contributed by atoms with Crippen LogP contribution >= 0.6 is 0 Å². The number of likely N-dealkylation sites (N-methyl/N-ethyl adjacent to an activating group) is 1. The molecule has 0 aliphatic heterocycles. The van der Waals surface area contributed by atoms with Gasteiger partial charge >= 0.3 is 0 Å². The Hall–Kier alpha value is -0.860. The predicted octanol–water partition coefficient (Wildman–Crippen LogP) is 3.50. The van der Waals surface area contributed by atoms with Crippen LogP contribution in [0.4, 0.5) is 0 Å². The van der Waals surface area contributed by atoms with Gasteiger partial charge in [-0.05, 0) is 44.7 Å². The fraction of sp³-hybridized carbons (Fsp3) is 0.647. The lowest BCUT2D eigenvalue weighted by molar-refractivity contribution is 0.149. The van der Waals surface area contributed by atoms with Crippen molar-refractivity contribution in [1.82, 2.24) is 5.32 Å². The van der Waals surface area contributed by atoms with Gasteiger partial charge < -0.3 is 10.1 Å². The molecule has 0 bridgehead atoms. The van der Waals surface area contributed by atoms with Crippen molar-refractivity contribution in [2.75, 3.05) is 20.3 Å². The second-order valence-corrected chi connectivity index (χ2v) is 5.75. The fourth-order valence-corrected chi connectivity index (χ4v) is 2.84.